The molecule has 5 heteroatoms. The third-order valence-electron chi connectivity index (χ3n) is 16.1. The van der Waals surface area contributed by atoms with Gasteiger partial charge in [0.25, 0.3) is 0 Å². The van der Waals surface area contributed by atoms with Crippen LogP contribution in [0.2, 0.25) is 0 Å². The Kier molecular flexibility index (Phi) is 8.62. The number of para-hydroxylation sites is 1. The minimum Gasteiger partial charge on any atom is -0.336 e. The minimum absolute atomic E-state index is 0.0599. The summed E-state index contributed by atoms with van der Waals surface area (Å²) < 4.78 is 5.24. The summed E-state index contributed by atoms with van der Waals surface area (Å²) in [6.07, 6.45) is 48.0. The van der Waals surface area contributed by atoms with Crippen LogP contribution in [0.1, 0.15) is 77.0 Å². The Balaban J connectivity index is 0.813. The van der Waals surface area contributed by atoms with E-state index in [1.165, 1.54) is 77.5 Å². The van der Waals surface area contributed by atoms with E-state index in [1.807, 2.05) is 0 Å². The zero-order valence-corrected chi connectivity index (χ0v) is 38.2. The normalized spacial score (nSPS) is 23.5. The monoisotopic (exact) mass is 887 g/mol. The highest BCUT2D eigenvalue weighted by atomic mass is 15.3. The number of allylic oxidation sites excluding steroid dienone is 16. The van der Waals surface area contributed by atoms with E-state index in [0.29, 0.717) is 17.9 Å². The van der Waals surface area contributed by atoms with Gasteiger partial charge >= 0.3 is 0 Å². The van der Waals surface area contributed by atoms with E-state index in [4.69, 9.17) is 9.97 Å². The van der Waals surface area contributed by atoms with E-state index in [9.17, 15) is 0 Å². The number of aryl methyl sites for hydroxylation is 1. The number of anilines is 2. The van der Waals surface area contributed by atoms with Gasteiger partial charge in [-0.25, -0.2) is 9.97 Å². The van der Waals surface area contributed by atoms with E-state index >= 15 is 0 Å². The molecule has 15 rings (SSSR count). The highest BCUT2D eigenvalue weighted by Crippen LogP contribution is 2.50. The first kappa shape index (κ1) is 39.0. The minimum atomic E-state index is 0.0599. The van der Waals surface area contributed by atoms with Crippen molar-refractivity contribution in [1.82, 2.24) is 19.1 Å². The lowest BCUT2D eigenvalue weighted by Crippen LogP contribution is -2.30. The van der Waals surface area contributed by atoms with Crippen molar-refractivity contribution in [3.8, 4) is 11.1 Å². The van der Waals surface area contributed by atoms with Crippen LogP contribution in [0.5, 0.6) is 0 Å². The van der Waals surface area contributed by atoms with E-state index in [-0.39, 0.29) is 18.0 Å². The molecule has 5 nitrogen and oxygen atoms in total. The number of aromatic nitrogens is 4. The number of rotatable bonds is 5. The molecule has 7 aliphatic rings. The van der Waals surface area contributed by atoms with Gasteiger partial charge < -0.3 is 14.0 Å². The van der Waals surface area contributed by atoms with Gasteiger partial charge in [-0.05, 0) is 101 Å². The zero-order valence-electron chi connectivity index (χ0n) is 38.2. The molecule has 6 aliphatic carbocycles. The first-order valence-corrected chi connectivity index (χ1v) is 24.9. The summed E-state index contributed by atoms with van der Waals surface area (Å²) >= 11 is 0. The van der Waals surface area contributed by atoms with Crippen molar-refractivity contribution >= 4 is 72.8 Å². The first-order chi connectivity index (χ1) is 34.2. The summed E-state index contributed by atoms with van der Waals surface area (Å²) in [6.45, 7) is 0. The molecule has 0 radical (unpaired) electrons. The summed E-state index contributed by atoms with van der Waals surface area (Å²) in [6, 6.07) is 36.8. The van der Waals surface area contributed by atoms with Gasteiger partial charge in [0.05, 0.1) is 34.9 Å². The molecule has 0 fully saturated rings. The number of hydrogen-bond donors (Lipinski definition) is 0. The Labute approximate surface area is 401 Å². The molecular weight excluding hydrogens is 839 g/mol. The molecule has 69 heavy (non-hydrogen) atoms. The average Bonchev–Trinajstić information content (AvgIpc) is 4.06. The summed E-state index contributed by atoms with van der Waals surface area (Å²) in [4.78, 5) is 13.3. The lowest BCUT2D eigenvalue weighted by Gasteiger charge is -2.30. The Hall–Kier alpha value is -8.02. The van der Waals surface area contributed by atoms with Crippen molar-refractivity contribution < 1.29 is 0 Å². The maximum absolute atomic E-state index is 5.58. The van der Waals surface area contributed by atoms with E-state index in [2.05, 4.69) is 227 Å². The third kappa shape index (κ3) is 5.89. The molecule has 0 N–H and O–H groups in total. The van der Waals surface area contributed by atoms with Gasteiger partial charge in [0, 0.05) is 62.1 Å². The molecule has 5 aromatic carbocycles. The van der Waals surface area contributed by atoms with Gasteiger partial charge in [-0.15, -0.1) is 0 Å². The smallest absolute Gasteiger partial charge is 0.231 e. The van der Waals surface area contributed by atoms with Crippen molar-refractivity contribution in [2.45, 2.75) is 55.6 Å². The van der Waals surface area contributed by atoms with Gasteiger partial charge in [0.2, 0.25) is 5.95 Å². The largest absolute Gasteiger partial charge is 0.336 e. The van der Waals surface area contributed by atoms with Crippen LogP contribution < -0.4 is 4.90 Å². The second-order valence-electron chi connectivity index (χ2n) is 19.7. The predicted octanol–water partition coefficient (Wildman–Crippen LogP) is 15.5. The molecule has 6 atom stereocenters. The Morgan fingerprint density at radius 2 is 1.39 bits per heavy atom. The molecule has 1 aliphatic heterocycles. The topological polar surface area (TPSA) is 38.9 Å². The summed E-state index contributed by atoms with van der Waals surface area (Å²) in [7, 11) is 0. The quantitative estimate of drug-likeness (QED) is 0.173. The fourth-order valence-electron chi connectivity index (χ4n) is 13.0. The molecule has 0 saturated heterocycles. The van der Waals surface area contributed by atoms with Crippen LogP contribution in [0.15, 0.2) is 200 Å². The summed E-state index contributed by atoms with van der Waals surface area (Å²) in [5.41, 5.74) is 16.3. The molecule has 0 bridgehead atoms. The van der Waals surface area contributed by atoms with Gasteiger partial charge in [-0.1, -0.05) is 176 Å². The van der Waals surface area contributed by atoms with Crippen LogP contribution in [-0.4, -0.2) is 25.1 Å². The van der Waals surface area contributed by atoms with Gasteiger partial charge in [0.15, 0.2) is 0 Å². The van der Waals surface area contributed by atoms with Gasteiger partial charge in [-0.2, -0.15) is 0 Å². The second kappa shape index (κ2) is 15.2. The van der Waals surface area contributed by atoms with Gasteiger partial charge in [-0.3, -0.25) is 0 Å². The molecular formula is C64H49N5. The van der Waals surface area contributed by atoms with Crippen LogP contribution >= 0.6 is 0 Å². The van der Waals surface area contributed by atoms with Crippen molar-refractivity contribution in [3.63, 3.8) is 0 Å². The van der Waals surface area contributed by atoms with Crippen molar-refractivity contribution in [3.05, 3.63) is 234 Å². The van der Waals surface area contributed by atoms with Crippen LogP contribution in [0.25, 0.3) is 72.3 Å². The molecule has 4 heterocycles. The molecule has 330 valence electrons. The van der Waals surface area contributed by atoms with E-state index in [1.54, 1.807) is 0 Å². The van der Waals surface area contributed by atoms with E-state index < -0.39 is 0 Å². The number of nitrogens with zero attached hydrogens (tertiary/aromatic N) is 5. The fourth-order valence-corrected chi connectivity index (χ4v) is 13.0. The maximum Gasteiger partial charge on any atom is 0.231 e. The number of hydrogen-bond acceptors (Lipinski definition) is 3. The maximum atomic E-state index is 5.58. The molecule has 0 amide bonds. The van der Waals surface area contributed by atoms with Gasteiger partial charge in [0.1, 0.15) is 0 Å². The Morgan fingerprint density at radius 3 is 2.30 bits per heavy atom. The van der Waals surface area contributed by atoms with Crippen molar-refractivity contribution in [1.29, 1.82) is 0 Å². The Bertz CT molecular complexity index is 3850. The fraction of sp³-hybridized carbons (Fsp3) is 0.156. The second-order valence-corrected chi connectivity index (χ2v) is 19.7. The van der Waals surface area contributed by atoms with Crippen LogP contribution in [0, 0.1) is 5.92 Å². The standard InChI is InChI=1S/C64H49N5/c1-2-16-45(17-3-1)67-56-24-12-9-20-49(56)51-34-29-44(39-60(51)67)43-31-36-58-54(38-43)50-21-10-13-25-57(50)69(58)64-65-55-23-11-8-22-52(55)62(66-64)42-26-32-46(33-27-42)68-59-37-30-40-14-4-6-18-47(40)61(59)53-35-28-41-15-5-7-19-48(41)63(53)68/h1-8,10-16,18-19,21-32,34-39,41,45-46,48,50,57H,9,17,20,33H2. The molecule has 3 aromatic heterocycles. The first-order valence-electron chi connectivity index (χ1n) is 24.9. The average molecular weight is 888 g/mol. The van der Waals surface area contributed by atoms with Crippen molar-refractivity contribution in [2.75, 3.05) is 4.90 Å². The van der Waals surface area contributed by atoms with Crippen LogP contribution in [0.4, 0.5) is 11.6 Å². The molecule has 0 spiro atoms. The third-order valence-corrected chi connectivity index (χ3v) is 16.1. The SMILES string of the molecule is C1=CCC(n2c3c(c4ccc(-c5ccc6c(c5)C5C=CC=CC5N6c5nc(C6=CCC(n7c8c(c9c%10ccccc%10ccc97)C=CC7C=CC=CC87)C=C6)c6ccccc6n5)cc42)CCC=C3)C=C1. The highest BCUT2D eigenvalue weighted by molar-refractivity contribution is 6.12. The summed E-state index contributed by atoms with van der Waals surface area (Å²) in [5, 5.41) is 6.41. The highest BCUT2D eigenvalue weighted by Gasteiger charge is 2.40. The van der Waals surface area contributed by atoms with Crippen LogP contribution in [0.3, 0.4) is 0 Å². The Morgan fingerprint density at radius 1 is 0.565 bits per heavy atom. The number of benzene rings is 5. The predicted molar refractivity (Wildman–Crippen MR) is 287 cm³/mol. The molecule has 8 aromatic rings. The van der Waals surface area contributed by atoms with E-state index in [0.717, 1.165) is 53.8 Å². The lowest BCUT2D eigenvalue weighted by atomic mass is 9.79. The zero-order chi connectivity index (χ0) is 45.2. The molecule has 0 saturated carbocycles. The molecule has 6 unspecified atom stereocenters. The van der Waals surface area contributed by atoms with Crippen LogP contribution in [-0.2, 0) is 6.42 Å². The summed E-state index contributed by atoms with van der Waals surface area (Å²) in [5.74, 6) is 1.55. The number of fused-ring (bicyclic) bond motifs is 14. The van der Waals surface area contributed by atoms with Crippen molar-refractivity contribution in [2.24, 2.45) is 5.92 Å². The lowest BCUT2D eigenvalue weighted by molar-refractivity contribution is 0.558.